The number of nitrogens with one attached hydrogen (secondary N) is 2. The number of halogens is 1. The van der Waals surface area contributed by atoms with Crippen LogP contribution in [-0.4, -0.2) is 68.3 Å². The molecule has 1 aromatic rings. The molecule has 1 aromatic heterocycles. The summed E-state index contributed by atoms with van der Waals surface area (Å²) in [6.45, 7) is 5.67. The van der Waals surface area contributed by atoms with Crippen LogP contribution < -0.4 is 10.6 Å². The molecule has 0 aliphatic carbocycles. The van der Waals surface area contributed by atoms with Gasteiger partial charge in [-0.05, 0) is 57.2 Å². The van der Waals surface area contributed by atoms with Crippen LogP contribution in [0.1, 0.15) is 37.5 Å². The van der Waals surface area contributed by atoms with Crippen LogP contribution in [0.3, 0.4) is 0 Å². The van der Waals surface area contributed by atoms with Gasteiger partial charge >= 0.3 is 0 Å². The van der Waals surface area contributed by atoms with Gasteiger partial charge in [0.15, 0.2) is 5.96 Å². The summed E-state index contributed by atoms with van der Waals surface area (Å²) in [5.74, 6) is 1.89. The SMILES string of the molecule is CN=C(NCC(c1ccco1)N1CCCC1)NCC1(SC)CCOCC1.I. The van der Waals surface area contributed by atoms with Crippen LogP contribution in [0, 0.1) is 0 Å². The van der Waals surface area contributed by atoms with Crippen molar-refractivity contribution >= 4 is 41.7 Å². The lowest BCUT2D eigenvalue weighted by molar-refractivity contribution is 0.0782. The van der Waals surface area contributed by atoms with E-state index in [1.807, 2.05) is 24.9 Å². The quantitative estimate of drug-likeness (QED) is 0.336. The lowest BCUT2D eigenvalue weighted by Crippen LogP contribution is -2.49. The number of aliphatic imine (C=N–C) groups is 1. The van der Waals surface area contributed by atoms with Crippen molar-refractivity contribution in [3.05, 3.63) is 24.2 Å². The van der Waals surface area contributed by atoms with Gasteiger partial charge in [-0.2, -0.15) is 11.8 Å². The minimum atomic E-state index is 0. The third-order valence-electron chi connectivity index (χ3n) is 5.55. The molecule has 1 unspecified atom stereocenters. The minimum Gasteiger partial charge on any atom is -0.468 e. The molecule has 8 heteroatoms. The number of thioether (sulfide) groups is 1. The maximum absolute atomic E-state index is 5.70. The summed E-state index contributed by atoms with van der Waals surface area (Å²) >= 11 is 1.94. The Labute approximate surface area is 184 Å². The molecule has 0 bridgehead atoms. The zero-order valence-electron chi connectivity index (χ0n) is 16.4. The van der Waals surface area contributed by atoms with Crippen LogP contribution in [0.4, 0.5) is 0 Å². The molecule has 2 saturated heterocycles. The smallest absolute Gasteiger partial charge is 0.191 e. The predicted molar refractivity (Wildman–Crippen MR) is 123 cm³/mol. The first kappa shape index (κ1) is 22.8. The van der Waals surface area contributed by atoms with Gasteiger partial charge in [-0.3, -0.25) is 9.89 Å². The molecule has 3 rings (SSSR count). The number of hydrogen-bond donors (Lipinski definition) is 2. The molecule has 0 spiro atoms. The maximum atomic E-state index is 5.70. The Morgan fingerprint density at radius 1 is 1.30 bits per heavy atom. The van der Waals surface area contributed by atoms with Gasteiger partial charge in [0.05, 0.1) is 12.3 Å². The summed E-state index contributed by atoms with van der Waals surface area (Å²) in [6.07, 6.45) is 8.66. The minimum absolute atomic E-state index is 0. The van der Waals surface area contributed by atoms with E-state index in [2.05, 4.69) is 32.8 Å². The first-order chi connectivity index (χ1) is 12.8. The zero-order valence-corrected chi connectivity index (χ0v) is 19.6. The van der Waals surface area contributed by atoms with Crippen molar-refractivity contribution in [3.63, 3.8) is 0 Å². The maximum Gasteiger partial charge on any atom is 0.191 e. The Morgan fingerprint density at radius 3 is 2.63 bits per heavy atom. The monoisotopic (exact) mass is 508 g/mol. The standard InChI is InChI=1S/C19H32N4O2S.HI/c1-20-18(22-15-19(26-2)7-12-24-13-8-19)21-14-16(17-6-5-11-25-17)23-9-3-4-10-23;/h5-6,11,16H,3-4,7-10,12-15H2,1-2H3,(H2,20,21,22);1H. The number of rotatable bonds is 7. The third-order valence-corrected chi connectivity index (χ3v) is 6.97. The van der Waals surface area contributed by atoms with E-state index in [0.29, 0.717) is 0 Å². The van der Waals surface area contributed by atoms with Crippen LogP contribution in [0.15, 0.2) is 27.8 Å². The van der Waals surface area contributed by atoms with E-state index in [0.717, 1.165) is 64.0 Å². The number of ether oxygens (including phenoxy) is 1. The molecule has 0 radical (unpaired) electrons. The molecule has 0 aromatic carbocycles. The summed E-state index contributed by atoms with van der Waals surface area (Å²) in [6, 6.07) is 4.30. The second-order valence-corrected chi connectivity index (χ2v) is 8.35. The molecule has 0 saturated carbocycles. The first-order valence-corrected chi connectivity index (χ1v) is 10.8. The van der Waals surface area contributed by atoms with Gasteiger partial charge in [-0.25, -0.2) is 0 Å². The van der Waals surface area contributed by atoms with Crippen molar-refractivity contribution in [2.24, 2.45) is 4.99 Å². The topological polar surface area (TPSA) is 62.0 Å². The average molecular weight is 508 g/mol. The number of guanidine groups is 1. The van der Waals surface area contributed by atoms with E-state index in [1.165, 1.54) is 12.8 Å². The average Bonchev–Trinajstić information content (AvgIpc) is 3.40. The van der Waals surface area contributed by atoms with Gasteiger partial charge in [0.2, 0.25) is 0 Å². The highest BCUT2D eigenvalue weighted by molar-refractivity contribution is 14.0. The molecule has 2 N–H and O–H groups in total. The van der Waals surface area contributed by atoms with Crippen LogP contribution >= 0.6 is 35.7 Å². The van der Waals surface area contributed by atoms with Crippen LogP contribution in [0.5, 0.6) is 0 Å². The summed E-state index contributed by atoms with van der Waals surface area (Å²) in [5, 5.41) is 7.05. The van der Waals surface area contributed by atoms with Gasteiger partial charge in [0.1, 0.15) is 5.76 Å². The lowest BCUT2D eigenvalue weighted by Gasteiger charge is -2.36. The van der Waals surface area contributed by atoms with E-state index >= 15 is 0 Å². The van der Waals surface area contributed by atoms with Gasteiger partial charge < -0.3 is 19.8 Å². The molecule has 6 nitrogen and oxygen atoms in total. The fourth-order valence-electron chi connectivity index (χ4n) is 3.80. The van der Waals surface area contributed by atoms with Crippen molar-refractivity contribution in [3.8, 4) is 0 Å². The van der Waals surface area contributed by atoms with E-state index in [1.54, 1.807) is 6.26 Å². The highest BCUT2D eigenvalue weighted by Crippen LogP contribution is 2.33. The van der Waals surface area contributed by atoms with Crippen LogP contribution in [-0.2, 0) is 4.74 Å². The fraction of sp³-hybridized carbons (Fsp3) is 0.737. The molecular weight excluding hydrogens is 475 g/mol. The predicted octanol–water partition coefficient (Wildman–Crippen LogP) is 3.11. The molecule has 2 aliphatic rings. The van der Waals surface area contributed by atoms with Gasteiger partial charge in [-0.1, -0.05) is 0 Å². The molecule has 2 fully saturated rings. The van der Waals surface area contributed by atoms with Crippen molar-refractivity contribution < 1.29 is 9.15 Å². The lowest BCUT2D eigenvalue weighted by atomic mass is 9.99. The Bertz CT molecular complexity index is 558. The van der Waals surface area contributed by atoms with Gasteiger partial charge in [0, 0.05) is 38.1 Å². The first-order valence-electron chi connectivity index (χ1n) is 9.61. The molecule has 154 valence electrons. The van der Waals surface area contributed by atoms with E-state index in [9.17, 15) is 0 Å². The zero-order chi connectivity index (χ0) is 18.2. The van der Waals surface area contributed by atoms with Gasteiger partial charge in [-0.15, -0.1) is 24.0 Å². The normalized spacial score (nSPS) is 21.5. The van der Waals surface area contributed by atoms with Crippen molar-refractivity contribution in [2.45, 2.75) is 36.5 Å². The second-order valence-electron chi connectivity index (χ2n) is 7.08. The highest BCUT2D eigenvalue weighted by atomic mass is 127. The highest BCUT2D eigenvalue weighted by Gasteiger charge is 2.32. The second kappa shape index (κ2) is 11.5. The number of nitrogens with zero attached hydrogens (tertiary/aromatic N) is 2. The van der Waals surface area contributed by atoms with Crippen molar-refractivity contribution in [2.75, 3.05) is 52.7 Å². The Balaban J connectivity index is 0.00000261. The van der Waals surface area contributed by atoms with E-state index in [4.69, 9.17) is 9.15 Å². The van der Waals surface area contributed by atoms with Crippen molar-refractivity contribution in [1.82, 2.24) is 15.5 Å². The van der Waals surface area contributed by atoms with Crippen molar-refractivity contribution in [1.29, 1.82) is 0 Å². The summed E-state index contributed by atoms with van der Waals surface area (Å²) in [7, 11) is 1.84. The van der Waals surface area contributed by atoms with Crippen LogP contribution in [0.25, 0.3) is 0 Å². The molecule has 0 amide bonds. The summed E-state index contributed by atoms with van der Waals surface area (Å²) < 4.78 is 11.5. The molecule has 1 atom stereocenters. The number of furan rings is 1. The Morgan fingerprint density at radius 2 is 2.04 bits per heavy atom. The molecule has 27 heavy (non-hydrogen) atoms. The van der Waals surface area contributed by atoms with E-state index < -0.39 is 0 Å². The van der Waals surface area contributed by atoms with Crippen LogP contribution in [0.2, 0.25) is 0 Å². The number of hydrogen-bond acceptors (Lipinski definition) is 5. The molecule has 3 heterocycles. The Kier molecular flexibility index (Phi) is 9.75. The number of likely N-dealkylation sites (tertiary alicyclic amines) is 1. The largest absolute Gasteiger partial charge is 0.468 e. The molecule has 2 aliphatic heterocycles. The van der Waals surface area contributed by atoms with Gasteiger partial charge in [0.25, 0.3) is 0 Å². The summed E-state index contributed by atoms with van der Waals surface area (Å²) in [5.41, 5.74) is 0. The molecular formula is C19H33IN4O2S. The third kappa shape index (κ3) is 6.27. The fourth-order valence-corrected chi connectivity index (χ4v) is 4.59. The Hall–Kier alpha value is -0.450. The summed E-state index contributed by atoms with van der Waals surface area (Å²) in [4.78, 5) is 6.92. The van der Waals surface area contributed by atoms with E-state index in [-0.39, 0.29) is 34.8 Å².